The van der Waals surface area contributed by atoms with Gasteiger partial charge in [-0.3, -0.25) is 20.2 Å². The normalized spacial score (nSPS) is 15.7. The summed E-state index contributed by atoms with van der Waals surface area (Å²) in [6, 6.07) is 5.42. The Hall–Kier alpha value is -3.16. The Morgan fingerprint density at radius 3 is 2.36 bits per heavy atom. The summed E-state index contributed by atoms with van der Waals surface area (Å²) in [7, 11) is 0. The third kappa shape index (κ3) is 3.29. The van der Waals surface area contributed by atoms with Crippen LogP contribution in [0.5, 0.6) is 5.75 Å². The van der Waals surface area contributed by atoms with Crippen molar-refractivity contribution >= 4 is 29.9 Å². The van der Waals surface area contributed by atoms with Crippen molar-refractivity contribution in [2.24, 2.45) is 0 Å². The Morgan fingerprint density at radius 1 is 1.18 bits per heavy atom. The van der Waals surface area contributed by atoms with E-state index in [9.17, 15) is 19.2 Å². The molecule has 1 fully saturated rings. The SMILES string of the molecule is C[C@H](Oc1ccccc1C=C1C(=O)NC(=O)NC1=O)C(=O)O. The molecule has 0 unspecified atom stereocenters. The van der Waals surface area contributed by atoms with Crippen LogP contribution < -0.4 is 15.4 Å². The van der Waals surface area contributed by atoms with Crippen molar-refractivity contribution in [3.8, 4) is 5.75 Å². The highest BCUT2D eigenvalue weighted by atomic mass is 16.5. The number of ether oxygens (including phenoxy) is 1. The number of carboxylic acid groups (broad SMARTS) is 1. The number of nitrogens with one attached hydrogen (secondary N) is 2. The molecule has 1 atom stereocenters. The van der Waals surface area contributed by atoms with E-state index in [-0.39, 0.29) is 11.3 Å². The van der Waals surface area contributed by atoms with Crippen LogP contribution in [0.25, 0.3) is 6.08 Å². The van der Waals surface area contributed by atoms with E-state index in [1.54, 1.807) is 18.2 Å². The molecule has 0 radical (unpaired) electrons. The summed E-state index contributed by atoms with van der Waals surface area (Å²) in [4.78, 5) is 45.2. The van der Waals surface area contributed by atoms with Crippen LogP contribution in [0.3, 0.4) is 0 Å². The minimum Gasteiger partial charge on any atom is -0.479 e. The Bertz CT molecular complexity index is 672. The van der Waals surface area contributed by atoms with E-state index in [0.717, 1.165) is 0 Å². The summed E-state index contributed by atoms with van der Waals surface area (Å²) >= 11 is 0. The zero-order chi connectivity index (χ0) is 16.3. The van der Waals surface area contributed by atoms with E-state index in [4.69, 9.17) is 9.84 Å². The van der Waals surface area contributed by atoms with Gasteiger partial charge in [-0.25, -0.2) is 9.59 Å². The number of urea groups is 1. The van der Waals surface area contributed by atoms with Gasteiger partial charge in [0.05, 0.1) is 0 Å². The second-order valence-electron chi connectivity index (χ2n) is 4.43. The molecule has 1 aliphatic heterocycles. The van der Waals surface area contributed by atoms with Crippen LogP contribution in [-0.4, -0.2) is 35.0 Å². The van der Waals surface area contributed by atoms with E-state index in [1.807, 2.05) is 10.6 Å². The molecule has 22 heavy (non-hydrogen) atoms. The highest BCUT2D eigenvalue weighted by Gasteiger charge is 2.28. The third-order valence-corrected chi connectivity index (χ3v) is 2.81. The fourth-order valence-electron chi connectivity index (χ4n) is 1.71. The van der Waals surface area contributed by atoms with Crippen LogP contribution in [-0.2, 0) is 14.4 Å². The van der Waals surface area contributed by atoms with Crippen molar-refractivity contribution in [1.82, 2.24) is 10.6 Å². The highest BCUT2D eigenvalue weighted by Crippen LogP contribution is 2.23. The van der Waals surface area contributed by atoms with Crippen LogP contribution in [0, 0.1) is 0 Å². The van der Waals surface area contributed by atoms with E-state index in [1.165, 1.54) is 19.1 Å². The molecule has 0 aromatic heterocycles. The number of carbonyl (C=O) groups is 4. The molecule has 8 heteroatoms. The first-order valence-corrected chi connectivity index (χ1v) is 6.25. The van der Waals surface area contributed by atoms with Gasteiger partial charge in [0.1, 0.15) is 11.3 Å². The molecule has 1 saturated heterocycles. The van der Waals surface area contributed by atoms with Gasteiger partial charge >= 0.3 is 12.0 Å². The molecule has 0 aliphatic carbocycles. The number of benzene rings is 1. The Labute approximate surface area is 124 Å². The molecule has 1 heterocycles. The first-order chi connectivity index (χ1) is 10.4. The first-order valence-electron chi connectivity index (χ1n) is 6.25. The molecule has 1 aromatic rings. The van der Waals surface area contributed by atoms with Crippen molar-refractivity contribution in [2.45, 2.75) is 13.0 Å². The lowest BCUT2D eigenvalue weighted by Gasteiger charge is -2.16. The van der Waals surface area contributed by atoms with Gasteiger partial charge in [-0.1, -0.05) is 18.2 Å². The lowest BCUT2D eigenvalue weighted by atomic mass is 10.1. The Kier molecular flexibility index (Phi) is 4.21. The fraction of sp³-hybridized carbons (Fsp3) is 0.143. The lowest BCUT2D eigenvalue weighted by Crippen LogP contribution is -2.51. The molecule has 1 aliphatic rings. The molecule has 0 spiro atoms. The van der Waals surface area contributed by atoms with Gasteiger partial charge in [0.2, 0.25) is 0 Å². The molecule has 3 N–H and O–H groups in total. The average Bonchev–Trinajstić information content (AvgIpc) is 2.44. The van der Waals surface area contributed by atoms with Crippen molar-refractivity contribution in [3.05, 3.63) is 35.4 Å². The van der Waals surface area contributed by atoms with Crippen LogP contribution in [0.15, 0.2) is 29.8 Å². The summed E-state index contributed by atoms with van der Waals surface area (Å²) in [5.74, 6) is -2.63. The zero-order valence-electron chi connectivity index (χ0n) is 11.5. The van der Waals surface area contributed by atoms with Crippen LogP contribution in [0.2, 0.25) is 0 Å². The van der Waals surface area contributed by atoms with Crippen LogP contribution in [0.4, 0.5) is 4.79 Å². The number of amides is 4. The van der Waals surface area contributed by atoms with Gasteiger partial charge in [-0.15, -0.1) is 0 Å². The van der Waals surface area contributed by atoms with Gasteiger partial charge in [-0.05, 0) is 19.1 Å². The predicted octanol–water partition coefficient (Wildman–Crippen LogP) is 0.288. The molecule has 0 bridgehead atoms. The minimum absolute atomic E-state index is 0.197. The summed E-state index contributed by atoms with van der Waals surface area (Å²) in [5.41, 5.74) is 0.0591. The van der Waals surface area contributed by atoms with Crippen molar-refractivity contribution < 1.29 is 29.0 Å². The Morgan fingerprint density at radius 2 is 1.77 bits per heavy atom. The number of imide groups is 2. The molecule has 8 nitrogen and oxygen atoms in total. The van der Waals surface area contributed by atoms with E-state index in [2.05, 4.69) is 0 Å². The molecule has 2 rings (SSSR count). The maximum atomic E-state index is 11.7. The van der Waals surface area contributed by atoms with E-state index in [0.29, 0.717) is 5.56 Å². The van der Waals surface area contributed by atoms with Gasteiger partial charge in [0.15, 0.2) is 6.10 Å². The van der Waals surface area contributed by atoms with E-state index >= 15 is 0 Å². The van der Waals surface area contributed by atoms with Crippen LogP contribution in [0.1, 0.15) is 12.5 Å². The number of carbonyl (C=O) groups excluding carboxylic acids is 3. The number of aliphatic carboxylic acids is 1. The van der Waals surface area contributed by atoms with Crippen molar-refractivity contribution in [3.63, 3.8) is 0 Å². The molecule has 1 aromatic carbocycles. The summed E-state index contributed by atoms with van der Waals surface area (Å²) in [5, 5.41) is 12.8. The minimum atomic E-state index is -1.15. The smallest absolute Gasteiger partial charge is 0.344 e. The second kappa shape index (κ2) is 6.08. The zero-order valence-corrected chi connectivity index (χ0v) is 11.5. The number of para-hydroxylation sites is 1. The van der Waals surface area contributed by atoms with Crippen molar-refractivity contribution in [2.75, 3.05) is 0 Å². The largest absolute Gasteiger partial charge is 0.479 e. The number of hydrogen-bond donors (Lipinski definition) is 3. The van der Waals surface area contributed by atoms with Crippen LogP contribution >= 0.6 is 0 Å². The van der Waals surface area contributed by atoms with Crippen molar-refractivity contribution in [1.29, 1.82) is 0 Å². The number of carboxylic acids is 1. The first kappa shape index (κ1) is 15.2. The standard InChI is InChI=1S/C14H12N2O6/c1-7(13(19)20)22-10-5-3-2-4-8(10)6-9-11(17)15-14(21)16-12(9)18/h2-7H,1H3,(H,19,20)(H2,15,16,17,18,21)/t7-/m0/s1. The average molecular weight is 304 g/mol. The molecule has 4 amide bonds. The topological polar surface area (TPSA) is 122 Å². The number of hydrogen-bond acceptors (Lipinski definition) is 5. The van der Waals surface area contributed by atoms with Gasteiger partial charge in [0.25, 0.3) is 11.8 Å². The molecule has 0 saturated carbocycles. The van der Waals surface area contributed by atoms with E-state index < -0.39 is 29.9 Å². The maximum Gasteiger partial charge on any atom is 0.344 e. The summed E-state index contributed by atoms with van der Waals surface area (Å²) < 4.78 is 5.27. The summed E-state index contributed by atoms with van der Waals surface area (Å²) in [6.45, 7) is 1.35. The summed E-state index contributed by atoms with van der Waals surface area (Å²) in [6.07, 6.45) is 0.121. The monoisotopic (exact) mass is 304 g/mol. The molecular formula is C14H12N2O6. The number of rotatable bonds is 4. The Balaban J connectivity index is 2.35. The molecular weight excluding hydrogens is 292 g/mol. The lowest BCUT2D eigenvalue weighted by molar-refractivity contribution is -0.144. The van der Waals surface area contributed by atoms with Gasteiger partial charge < -0.3 is 9.84 Å². The number of barbiturate groups is 1. The maximum absolute atomic E-state index is 11.7. The predicted molar refractivity (Wildman–Crippen MR) is 73.8 cm³/mol. The third-order valence-electron chi connectivity index (χ3n) is 2.81. The fourth-order valence-corrected chi connectivity index (χ4v) is 1.71. The quantitative estimate of drug-likeness (QED) is 0.543. The molecule has 114 valence electrons. The highest BCUT2D eigenvalue weighted by molar-refractivity contribution is 6.31. The second-order valence-corrected chi connectivity index (χ2v) is 4.43. The van der Waals surface area contributed by atoms with Gasteiger partial charge in [-0.2, -0.15) is 0 Å². The van der Waals surface area contributed by atoms with Gasteiger partial charge in [0, 0.05) is 5.56 Å².